The maximum atomic E-state index is 5.38. The van der Waals surface area contributed by atoms with Crippen molar-refractivity contribution in [2.75, 3.05) is 25.8 Å². The fraction of sp³-hybridized carbons (Fsp3) is 0.250. The Morgan fingerprint density at radius 3 is 2.38 bits per heavy atom. The van der Waals surface area contributed by atoms with Crippen LogP contribution in [0.25, 0.3) is 0 Å². The Morgan fingerprint density at radius 2 is 1.76 bits per heavy atom. The van der Waals surface area contributed by atoms with Crippen LogP contribution in [0.5, 0.6) is 11.5 Å². The topological polar surface area (TPSA) is 30.5 Å². The lowest BCUT2D eigenvalue weighted by Gasteiger charge is -2.15. The zero-order chi connectivity index (χ0) is 15.2. The molecule has 1 N–H and O–H groups in total. The number of methoxy groups -OCH3 is 2. The van der Waals surface area contributed by atoms with Crippen LogP contribution in [0.1, 0.15) is 5.56 Å². The number of thioether (sulfide) groups is 1. The molecular formula is C16H18BrNO2S. The summed E-state index contributed by atoms with van der Waals surface area (Å²) in [6.45, 7) is 0.721. The first kappa shape index (κ1) is 16.0. The van der Waals surface area contributed by atoms with Crippen LogP contribution in [0, 0.1) is 0 Å². The number of hydrogen-bond donors (Lipinski definition) is 1. The molecule has 0 atom stereocenters. The van der Waals surface area contributed by atoms with E-state index in [0.29, 0.717) is 0 Å². The predicted octanol–water partition coefficient (Wildman–Crippen LogP) is 4.80. The van der Waals surface area contributed by atoms with E-state index in [4.69, 9.17) is 9.47 Å². The molecule has 0 saturated carbocycles. The molecule has 112 valence electrons. The van der Waals surface area contributed by atoms with Gasteiger partial charge in [-0.2, -0.15) is 0 Å². The van der Waals surface area contributed by atoms with Crippen molar-refractivity contribution in [3.05, 3.63) is 46.4 Å². The fourth-order valence-electron chi connectivity index (χ4n) is 2.03. The first-order valence-corrected chi connectivity index (χ1v) is 8.48. The molecule has 2 aromatic carbocycles. The molecule has 0 fully saturated rings. The normalized spacial score (nSPS) is 10.3. The van der Waals surface area contributed by atoms with Crippen LogP contribution in [0.4, 0.5) is 5.69 Å². The highest BCUT2D eigenvalue weighted by Gasteiger charge is 2.11. The monoisotopic (exact) mass is 367 g/mol. The van der Waals surface area contributed by atoms with Gasteiger partial charge in [-0.1, -0.05) is 12.1 Å². The van der Waals surface area contributed by atoms with Gasteiger partial charge >= 0.3 is 0 Å². The molecular weight excluding hydrogens is 350 g/mol. The Labute approximate surface area is 138 Å². The van der Waals surface area contributed by atoms with Gasteiger partial charge in [0.1, 0.15) is 0 Å². The molecule has 0 unspecified atom stereocenters. The third kappa shape index (κ3) is 3.86. The minimum Gasteiger partial charge on any atom is -0.493 e. The van der Waals surface area contributed by atoms with Gasteiger partial charge in [-0.05, 0) is 52.0 Å². The Morgan fingerprint density at radius 1 is 1.10 bits per heavy atom. The van der Waals surface area contributed by atoms with Crippen LogP contribution in [-0.2, 0) is 6.54 Å². The first-order valence-electron chi connectivity index (χ1n) is 6.47. The molecule has 2 rings (SSSR count). The second kappa shape index (κ2) is 7.61. The number of ether oxygens (including phenoxy) is 2. The lowest BCUT2D eigenvalue weighted by Crippen LogP contribution is -2.03. The van der Waals surface area contributed by atoms with Crippen LogP contribution < -0.4 is 14.8 Å². The van der Waals surface area contributed by atoms with E-state index in [0.717, 1.165) is 28.2 Å². The van der Waals surface area contributed by atoms with E-state index in [9.17, 15) is 0 Å². The minimum atomic E-state index is 0.721. The van der Waals surface area contributed by atoms with Crippen molar-refractivity contribution >= 4 is 33.4 Å². The zero-order valence-electron chi connectivity index (χ0n) is 12.3. The lowest BCUT2D eigenvalue weighted by atomic mass is 10.2. The molecule has 0 aromatic heterocycles. The van der Waals surface area contributed by atoms with Gasteiger partial charge in [0.2, 0.25) is 0 Å². The predicted molar refractivity (Wildman–Crippen MR) is 92.8 cm³/mol. The first-order chi connectivity index (χ1) is 10.2. The van der Waals surface area contributed by atoms with E-state index in [-0.39, 0.29) is 0 Å². The highest BCUT2D eigenvalue weighted by molar-refractivity contribution is 9.10. The highest BCUT2D eigenvalue weighted by Crippen LogP contribution is 2.35. The molecule has 0 saturated heterocycles. The molecule has 0 heterocycles. The molecule has 0 aliphatic rings. The van der Waals surface area contributed by atoms with Crippen molar-refractivity contribution in [3.8, 4) is 11.5 Å². The number of rotatable bonds is 6. The summed E-state index contributed by atoms with van der Waals surface area (Å²) in [4.78, 5) is 1.17. The summed E-state index contributed by atoms with van der Waals surface area (Å²) in [7, 11) is 3.31. The average molecular weight is 368 g/mol. The summed E-state index contributed by atoms with van der Waals surface area (Å²) in [6, 6.07) is 12.1. The third-order valence-corrected chi connectivity index (χ3v) is 4.64. The van der Waals surface area contributed by atoms with E-state index in [1.807, 2.05) is 36.4 Å². The van der Waals surface area contributed by atoms with Gasteiger partial charge in [0.25, 0.3) is 0 Å². The van der Waals surface area contributed by atoms with Gasteiger partial charge in [-0.15, -0.1) is 11.8 Å². The SMILES string of the molecule is COc1cc(CNc2ccccc2Br)c(SC)cc1OC. The van der Waals surface area contributed by atoms with Crippen molar-refractivity contribution < 1.29 is 9.47 Å². The highest BCUT2D eigenvalue weighted by atomic mass is 79.9. The smallest absolute Gasteiger partial charge is 0.161 e. The van der Waals surface area contributed by atoms with Gasteiger partial charge in [0, 0.05) is 21.6 Å². The summed E-state index contributed by atoms with van der Waals surface area (Å²) < 4.78 is 11.8. The average Bonchev–Trinajstić information content (AvgIpc) is 2.53. The van der Waals surface area contributed by atoms with Gasteiger partial charge < -0.3 is 14.8 Å². The van der Waals surface area contributed by atoms with Crippen LogP contribution in [-0.4, -0.2) is 20.5 Å². The molecule has 2 aromatic rings. The summed E-state index contributed by atoms with van der Waals surface area (Å²) in [5, 5.41) is 3.44. The summed E-state index contributed by atoms with van der Waals surface area (Å²) in [5.74, 6) is 1.51. The van der Waals surface area contributed by atoms with E-state index >= 15 is 0 Å². The number of para-hydroxylation sites is 1. The van der Waals surface area contributed by atoms with Crippen molar-refractivity contribution in [2.24, 2.45) is 0 Å². The zero-order valence-corrected chi connectivity index (χ0v) is 14.7. The standard InChI is InChI=1S/C16H18BrNO2S/c1-19-14-8-11(16(21-3)9-15(14)20-2)10-18-13-7-5-4-6-12(13)17/h4-9,18H,10H2,1-3H3. The van der Waals surface area contributed by atoms with E-state index in [1.54, 1.807) is 26.0 Å². The second-order valence-corrected chi connectivity index (χ2v) is 6.05. The van der Waals surface area contributed by atoms with Crippen LogP contribution in [0.2, 0.25) is 0 Å². The third-order valence-electron chi connectivity index (χ3n) is 3.13. The van der Waals surface area contributed by atoms with Crippen LogP contribution in [0.3, 0.4) is 0 Å². The molecule has 0 radical (unpaired) electrons. The summed E-state index contributed by atoms with van der Waals surface area (Å²) >= 11 is 5.24. The largest absolute Gasteiger partial charge is 0.493 e. The molecule has 0 bridgehead atoms. The van der Waals surface area contributed by atoms with Gasteiger partial charge in [0.05, 0.1) is 14.2 Å². The lowest BCUT2D eigenvalue weighted by molar-refractivity contribution is 0.353. The maximum absolute atomic E-state index is 5.38. The molecule has 0 aliphatic carbocycles. The molecule has 21 heavy (non-hydrogen) atoms. The Balaban J connectivity index is 2.25. The minimum absolute atomic E-state index is 0.721. The molecule has 5 heteroatoms. The van der Waals surface area contributed by atoms with Crippen LogP contribution >= 0.6 is 27.7 Å². The molecule has 0 spiro atoms. The number of anilines is 1. The van der Waals surface area contributed by atoms with Gasteiger partial charge in [0.15, 0.2) is 11.5 Å². The van der Waals surface area contributed by atoms with Crippen molar-refractivity contribution in [1.29, 1.82) is 0 Å². The Kier molecular flexibility index (Phi) is 5.82. The molecule has 0 amide bonds. The number of halogens is 1. The second-order valence-electron chi connectivity index (χ2n) is 4.35. The Hall–Kier alpha value is -1.33. The molecule has 3 nitrogen and oxygen atoms in total. The summed E-state index contributed by atoms with van der Waals surface area (Å²) in [5.41, 5.74) is 2.25. The quantitative estimate of drug-likeness (QED) is 0.742. The Bertz CT molecular complexity index is 619. The van der Waals surface area contributed by atoms with Gasteiger partial charge in [-0.3, -0.25) is 0 Å². The maximum Gasteiger partial charge on any atom is 0.161 e. The number of nitrogens with one attached hydrogen (secondary N) is 1. The van der Waals surface area contributed by atoms with E-state index in [2.05, 4.69) is 27.5 Å². The van der Waals surface area contributed by atoms with Crippen LogP contribution in [0.15, 0.2) is 45.8 Å². The van der Waals surface area contributed by atoms with Crippen molar-refractivity contribution in [2.45, 2.75) is 11.4 Å². The summed E-state index contributed by atoms with van der Waals surface area (Å²) in [6.07, 6.45) is 2.06. The van der Waals surface area contributed by atoms with Gasteiger partial charge in [-0.25, -0.2) is 0 Å². The number of hydrogen-bond acceptors (Lipinski definition) is 4. The molecule has 0 aliphatic heterocycles. The van der Waals surface area contributed by atoms with Crippen molar-refractivity contribution in [1.82, 2.24) is 0 Å². The van der Waals surface area contributed by atoms with E-state index in [1.165, 1.54) is 10.5 Å². The number of benzene rings is 2. The van der Waals surface area contributed by atoms with E-state index < -0.39 is 0 Å². The fourth-order valence-corrected chi connectivity index (χ4v) is 3.07. The van der Waals surface area contributed by atoms with Crippen molar-refractivity contribution in [3.63, 3.8) is 0 Å².